The molecule has 1 unspecified atom stereocenters. The lowest BCUT2D eigenvalue weighted by Crippen LogP contribution is -2.40. The molecule has 1 saturated heterocycles. The number of hydrogen-bond acceptors (Lipinski definition) is 2. The first kappa shape index (κ1) is 20.3. The van der Waals surface area contributed by atoms with Gasteiger partial charge >= 0.3 is 0 Å². The van der Waals surface area contributed by atoms with Gasteiger partial charge in [-0.25, -0.2) is 4.39 Å². The topological polar surface area (TPSA) is 39.7 Å². The second-order valence-corrected chi connectivity index (χ2v) is 7.58. The SMILES string of the molecule is CN=C(NCc1ccc(F)c(C)c1)NCC1CCN(CCc2ccccc2)C1. The minimum atomic E-state index is -0.163. The Balaban J connectivity index is 1.37. The number of guanidine groups is 1. The molecule has 2 N–H and O–H groups in total. The predicted octanol–water partition coefficient (Wildman–Crippen LogP) is 3.36. The maximum atomic E-state index is 13.4. The molecule has 2 aromatic rings. The van der Waals surface area contributed by atoms with Crippen molar-refractivity contribution in [3.8, 4) is 0 Å². The molecular weight excluding hydrogens is 351 g/mol. The van der Waals surface area contributed by atoms with Gasteiger partial charge in [0.2, 0.25) is 0 Å². The zero-order valence-electron chi connectivity index (χ0n) is 16.9. The number of likely N-dealkylation sites (tertiary alicyclic amines) is 1. The van der Waals surface area contributed by atoms with Crippen LogP contribution in [0.25, 0.3) is 0 Å². The third kappa shape index (κ3) is 6.06. The molecule has 0 aromatic heterocycles. The molecule has 1 fully saturated rings. The van der Waals surface area contributed by atoms with Crippen LogP contribution in [0, 0.1) is 18.7 Å². The third-order valence-electron chi connectivity index (χ3n) is 5.39. The van der Waals surface area contributed by atoms with Crippen molar-refractivity contribution in [3.05, 3.63) is 71.0 Å². The molecule has 1 heterocycles. The largest absolute Gasteiger partial charge is 0.356 e. The second-order valence-electron chi connectivity index (χ2n) is 7.58. The van der Waals surface area contributed by atoms with E-state index in [2.05, 4.69) is 50.9 Å². The summed E-state index contributed by atoms with van der Waals surface area (Å²) in [6.07, 6.45) is 2.33. The Morgan fingerprint density at radius 2 is 1.96 bits per heavy atom. The average Bonchev–Trinajstić information content (AvgIpc) is 3.18. The lowest BCUT2D eigenvalue weighted by Gasteiger charge is -2.17. The molecule has 0 amide bonds. The summed E-state index contributed by atoms with van der Waals surface area (Å²) in [5.74, 6) is 1.27. The maximum absolute atomic E-state index is 13.4. The van der Waals surface area contributed by atoms with Gasteiger partial charge in [-0.05, 0) is 55.0 Å². The van der Waals surface area contributed by atoms with Crippen LogP contribution in [0.3, 0.4) is 0 Å². The van der Waals surface area contributed by atoms with Gasteiger partial charge in [0, 0.05) is 33.2 Å². The van der Waals surface area contributed by atoms with E-state index in [-0.39, 0.29) is 5.82 Å². The minimum absolute atomic E-state index is 0.163. The van der Waals surface area contributed by atoms with Crippen molar-refractivity contribution >= 4 is 5.96 Å². The fourth-order valence-electron chi connectivity index (χ4n) is 3.68. The Hall–Kier alpha value is -2.40. The summed E-state index contributed by atoms with van der Waals surface area (Å²) in [7, 11) is 1.78. The molecular formula is C23H31FN4. The molecule has 5 heteroatoms. The zero-order valence-corrected chi connectivity index (χ0v) is 16.9. The Kier molecular flexibility index (Phi) is 7.43. The Morgan fingerprint density at radius 3 is 2.71 bits per heavy atom. The number of benzene rings is 2. The van der Waals surface area contributed by atoms with Crippen LogP contribution in [0.1, 0.15) is 23.1 Å². The van der Waals surface area contributed by atoms with E-state index in [1.165, 1.54) is 24.6 Å². The van der Waals surface area contributed by atoms with E-state index in [4.69, 9.17) is 0 Å². The van der Waals surface area contributed by atoms with E-state index < -0.39 is 0 Å². The minimum Gasteiger partial charge on any atom is -0.356 e. The number of halogens is 1. The zero-order chi connectivity index (χ0) is 19.8. The van der Waals surface area contributed by atoms with Gasteiger partial charge < -0.3 is 15.5 Å². The molecule has 4 nitrogen and oxygen atoms in total. The van der Waals surface area contributed by atoms with Crippen LogP contribution in [-0.2, 0) is 13.0 Å². The number of nitrogens with one attached hydrogen (secondary N) is 2. The molecule has 1 aliphatic rings. The van der Waals surface area contributed by atoms with Gasteiger partial charge in [0.25, 0.3) is 0 Å². The van der Waals surface area contributed by atoms with Gasteiger partial charge in [0.05, 0.1) is 0 Å². The normalized spacial score (nSPS) is 17.7. The fourth-order valence-corrected chi connectivity index (χ4v) is 3.68. The van der Waals surface area contributed by atoms with Gasteiger partial charge in [-0.3, -0.25) is 4.99 Å². The second kappa shape index (κ2) is 10.2. The number of rotatable bonds is 7. The molecule has 3 rings (SSSR count). The Labute approximate surface area is 167 Å². The number of aryl methyl sites for hydroxylation is 1. The highest BCUT2D eigenvalue weighted by Crippen LogP contribution is 2.16. The molecule has 0 bridgehead atoms. The van der Waals surface area contributed by atoms with Crippen LogP contribution < -0.4 is 10.6 Å². The van der Waals surface area contributed by atoms with Crippen LogP contribution in [0.4, 0.5) is 4.39 Å². The summed E-state index contributed by atoms with van der Waals surface area (Å²) >= 11 is 0. The van der Waals surface area contributed by atoms with E-state index in [0.29, 0.717) is 18.0 Å². The molecule has 150 valence electrons. The van der Waals surface area contributed by atoms with Crippen LogP contribution in [-0.4, -0.2) is 44.1 Å². The first-order valence-electron chi connectivity index (χ1n) is 10.1. The van der Waals surface area contributed by atoms with Crippen molar-refractivity contribution in [3.63, 3.8) is 0 Å². The van der Waals surface area contributed by atoms with Crippen molar-refractivity contribution in [2.75, 3.05) is 33.2 Å². The van der Waals surface area contributed by atoms with Gasteiger partial charge in [0.15, 0.2) is 5.96 Å². The first-order chi connectivity index (χ1) is 13.6. The van der Waals surface area contributed by atoms with E-state index in [0.717, 1.165) is 37.6 Å². The third-order valence-corrected chi connectivity index (χ3v) is 5.39. The quantitative estimate of drug-likeness (QED) is 0.570. The van der Waals surface area contributed by atoms with Crippen molar-refractivity contribution < 1.29 is 4.39 Å². The highest BCUT2D eigenvalue weighted by Gasteiger charge is 2.22. The molecule has 2 aromatic carbocycles. The number of nitrogens with zero attached hydrogens (tertiary/aromatic N) is 2. The van der Waals surface area contributed by atoms with Crippen molar-refractivity contribution in [2.45, 2.75) is 26.3 Å². The van der Waals surface area contributed by atoms with E-state index in [9.17, 15) is 4.39 Å². The molecule has 0 spiro atoms. The molecule has 1 aliphatic heterocycles. The van der Waals surface area contributed by atoms with Crippen molar-refractivity contribution in [2.24, 2.45) is 10.9 Å². The summed E-state index contributed by atoms with van der Waals surface area (Å²) in [6, 6.07) is 15.9. The lowest BCUT2D eigenvalue weighted by atomic mass is 10.1. The molecule has 0 saturated carbocycles. The van der Waals surface area contributed by atoms with Crippen LogP contribution >= 0.6 is 0 Å². The average molecular weight is 383 g/mol. The number of hydrogen-bond donors (Lipinski definition) is 2. The smallest absolute Gasteiger partial charge is 0.191 e. The summed E-state index contributed by atoms with van der Waals surface area (Å²) in [6.45, 7) is 6.76. The maximum Gasteiger partial charge on any atom is 0.191 e. The van der Waals surface area contributed by atoms with Gasteiger partial charge in [-0.2, -0.15) is 0 Å². The van der Waals surface area contributed by atoms with Crippen LogP contribution in [0.2, 0.25) is 0 Å². The summed E-state index contributed by atoms with van der Waals surface area (Å²) < 4.78 is 13.4. The highest BCUT2D eigenvalue weighted by molar-refractivity contribution is 5.79. The van der Waals surface area contributed by atoms with Crippen LogP contribution in [0.15, 0.2) is 53.5 Å². The first-order valence-corrected chi connectivity index (χ1v) is 10.1. The van der Waals surface area contributed by atoms with Crippen LogP contribution in [0.5, 0.6) is 0 Å². The van der Waals surface area contributed by atoms with Gasteiger partial charge in [-0.1, -0.05) is 42.5 Å². The predicted molar refractivity (Wildman–Crippen MR) is 114 cm³/mol. The van der Waals surface area contributed by atoms with E-state index >= 15 is 0 Å². The molecule has 0 aliphatic carbocycles. The molecule has 0 radical (unpaired) electrons. The summed E-state index contributed by atoms with van der Waals surface area (Å²) in [4.78, 5) is 6.86. The summed E-state index contributed by atoms with van der Waals surface area (Å²) in [5, 5.41) is 6.76. The van der Waals surface area contributed by atoms with Gasteiger partial charge in [0.1, 0.15) is 5.82 Å². The van der Waals surface area contributed by atoms with E-state index in [1.54, 1.807) is 14.0 Å². The summed E-state index contributed by atoms with van der Waals surface area (Å²) in [5.41, 5.74) is 3.13. The fraction of sp³-hybridized carbons (Fsp3) is 0.435. The molecule has 1 atom stereocenters. The Morgan fingerprint density at radius 1 is 1.14 bits per heavy atom. The van der Waals surface area contributed by atoms with E-state index in [1.807, 2.05) is 12.1 Å². The van der Waals surface area contributed by atoms with Crippen molar-refractivity contribution in [1.29, 1.82) is 0 Å². The Bertz CT molecular complexity index is 775. The highest BCUT2D eigenvalue weighted by atomic mass is 19.1. The lowest BCUT2D eigenvalue weighted by molar-refractivity contribution is 0.328. The van der Waals surface area contributed by atoms with Gasteiger partial charge in [-0.15, -0.1) is 0 Å². The van der Waals surface area contributed by atoms with Crippen molar-refractivity contribution in [1.82, 2.24) is 15.5 Å². The molecule has 28 heavy (non-hydrogen) atoms. The number of aliphatic imine (C=N–C) groups is 1. The standard InChI is InChI=1S/C23H31FN4/c1-18-14-20(8-9-22(18)24)15-26-23(25-2)27-16-21-11-13-28(17-21)12-10-19-6-4-3-5-7-19/h3-9,14,21H,10-13,15-17H2,1-2H3,(H2,25,26,27). The monoisotopic (exact) mass is 382 g/mol.